The standard InChI is InChI=1S/C16H24N2O2S/c1-16(2,3)14-4-6-15(7-5-14)21(19,20)18-12-13-8-10-17-11-9-13/h4-8,17-18H,9-12H2,1-3H3. The zero-order valence-corrected chi connectivity index (χ0v) is 13.8. The number of benzene rings is 1. The van der Waals surface area contributed by atoms with E-state index < -0.39 is 10.0 Å². The van der Waals surface area contributed by atoms with E-state index in [1.54, 1.807) is 12.1 Å². The summed E-state index contributed by atoms with van der Waals surface area (Å²) in [6.45, 7) is 8.45. The molecule has 21 heavy (non-hydrogen) atoms. The van der Waals surface area contributed by atoms with Gasteiger partial charge in [-0.15, -0.1) is 0 Å². The van der Waals surface area contributed by atoms with Gasteiger partial charge in [0.25, 0.3) is 0 Å². The van der Waals surface area contributed by atoms with E-state index >= 15 is 0 Å². The molecule has 116 valence electrons. The number of hydrogen-bond donors (Lipinski definition) is 2. The lowest BCUT2D eigenvalue weighted by Crippen LogP contribution is -2.29. The fourth-order valence-corrected chi connectivity index (χ4v) is 3.27. The van der Waals surface area contributed by atoms with Gasteiger partial charge in [-0.3, -0.25) is 0 Å². The highest BCUT2D eigenvalue weighted by atomic mass is 32.2. The van der Waals surface area contributed by atoms with Gasteiger partial charge in [0.1, 0.15) is 0 Å². The Morgan fingerprint density at radius 1 is 1.19 bits per heavy atom. The Hall–Kier alpha value is -1.17. The summed E-state index contributed by atoms with van der Waals surface area (Å²) in [5, 5.41) is 3.21. The molecule has 1 aromatic rings. The fourth-order valence-electron chi connectivity index (χ4n) is 2.24. The second-order valence-electron chi connectivity index (χ2n) is 6.42. The van der Waals surface area contributed by atoms with Crippen LogP contribution in [-0.4, -0.2) is 28.1 Å². The van der Waals surface area contributed by atoms with Gasteiger partial charge >= 0.3 is 0 Å². The maximum Gasteiger partial charge on any atom is 0.240 e. The van der Waals surface area contributed by atoms with Crippen LogP contribution in [0.25, 0.3) is 0 Å². The Morgan fingerprint density at radius 3 is 2.38 bits per heavy atom. The number of sulfonamides is 1. The Kier molecular flexibility index (Phi) is 4.86. The molecule has 4 nitrogen and oxygen atoms in total. The first-order valence-electron chi connectivity index (χ1n) is 7.28. The van der Waals surface area contributed by atoms with Crippen molar-refractivity contribution in [2.75, 3.05) is 19.6 Å². The fraction of sp³-hybridized carbons (Fsp3) is 0.500. The Balaban J connectivity index is 2.07. The van der Waals surface area contributed by atoms with Gasteiger partial charge in [-0.2, -0.15) is 0 Å². The molecule has 1 heterocycles. The van der Waals surface area contributed by atoms with E-state index in [9.17, 15) is 8.42 Å². The minimum Gasteiger partial charge on any atom is -0.313 e. The molecule has 0 saturated heterocycles. The predicted octanol–water partition coefficient (Wildman–Crippen LogP) is 2.18. The van der Waals surface area contributed by atoms with Gasteiger partial charge in [0, 0.05) is 13.1 Å². The summed E-state index contributed by atoms with van der Waals surface area (Å²) in [6, 6.07) is 7.14. The van der Waals surface area contributed by atoms with Crippen molar-refractivity contribution in [1.82, 2.24) is 10.0 Å². The van der Waals surface area contributed by atoms with Crippen molar-refractivity contribution in [2.45, 2.75) is 37.5 Å². The minimum absolute atomic E-state index is 0.0234. The van der Waals surface area contributed by atoms with Crippen LogP contribution in [0.5, 0.6) is 0 Å². The summed E-state index contributed by atoms with van der Waals surface area (Å²) in [7, 11) is -3.43. The van der Waals surface area contributed by atoms with Crippen LogP contribution in [0.1, 0.15) is 32.8 Å². The van der Waals surface area contributed by atoms with Crippen molar-refractivity contribution in [3.8, 4) is 0 Å². The van der Waals surface area contributed by atoms with Gasteiger partial charge < -0.3 is 5.32 Å². The quantitative estimate of drug-likeness (QED) is 0.838. The van der Waals surface area contributed by atoms with E-state index in [1.165, 1.54) is 0 Å². The van der Waals surface area contributed by atoms with Crippen molar-refractivity contribution in [3.05, 3.63) is 41.5 Å². The van der Waals surface area contributed by atoms with E-state index in [2.05, 4.69) is 36.9 Å². The molecule has 0 radical (unpaired) electrons. The highest BCUT2D eigenvalue weighted by Gasteiger charge is 2.17. The van der Waals surface area contributed by atoms with Crippen molar-refractivity contribution < 1.29 is 8.42 Å². The summed E-state index contributed by atoms with van der Waals surface area (Å²) in [5.74, 6) is 0. The van der Waals surface area contributed by atoms with E-state index in [1.807, 2.05) is 12.1 Å². The lowest BCUT2D eigenvalue weighted by molar-refractivity contribution is 0.579. The van der Waals surface area contributed by atoms with E-state index in [0.717, 1.165) is 30.6 Å². The Morgan fingerprint density at radius 2 is 1.86 bits per heavy atom. The normalized spacial score (nSPS) is 16.6. The molecule has 1 aromatic carbocycles. The van der Waals surface area contributed by atoms with Crippen LogP contribution in [0, 0.1) is 0 Å². The zero-order chi connectivity index (χ0) is 15.5. The van der Waals surface area contributed by atoms with Crippen LogP contribution in [0.3, 0.4) is 0 Å². The van der Waals surface area contributed by atoms with Crippen LogP contribution < -0.4 is 10.0 Å². The molecule has 0 fully saturated rings. The molecule has 1 aliphatic rings. The molecule has 5 heteroatoms. The smallest absolute Gasteiger partial charge is 0.240 e. The molecular weight excluding hydrogens is 284 g/mol. The van der Waals surface area contributed by atoms with Gasteiger partial charge in [0.2, 0.25) is 10.0 Å². The summed E-state index contributed by atoms with van der Waals surface area (Å²) in [5.41, 5.74) is 2.29. The second kappa shape index (κ2) is 6.30. The Bertz CT molecular complexity index is 611. The van der Waals surface area contributed by atoms with Crippen LogP contribution in [-0.2, 0) is 15.4 Å². The molecule has 0 spiro atoms. The van der Waals surface area contributed by atoms with Gasteiger partial charge in [0.05, 0.1) is 4.90 Å². The molecule has 0 amide bonds. The average Bonchev–Trinajstić information content (AvgIpc) is 2.46. The lowest BCUT2D eigenvalue weighted by Gasteiger charge is -2.19. The topological polar surface area (TPSA) is 58.2 Å². The van der Waals surface area contributed by atoms with Gasteiger partial charge in [-0.25, -0.2) is 13.1 Å². The lowest BCUT2D eigenvalue weighted by atomic mass is 9.87. The number of hydrogen-bond acceptors (Lipinski definition) is 3. The zero-order valence-electron chi connectivity index (χ0n) is 12.9. The van der Waals surface area contributed by atoms with Crippen LogP contribution in [0.4, 0.5) is 0 Å². The van der Waals surface area contributed by atoms with Gasteiger partial charge in [-0.1, -0.05) is 44.6 Å². The molecule has 0 bridgehead atoms. The largest absolute Gasteiger partial charge is 0.313 e. The molecule has 2 N–H and O–H groups in total. The van der Waals surface area contributed by atoms with Crippen molar-refractivity contribution in [3.63, 3.8) is 0 Å². The third-order valence-corrected chi connectivity index (χ3v) is 5.10. The first-order valence-corrected chi connectivity index (χ1v) is 8.76. The Labute approximate surface area is 127 Å². The van der Waals surface area contributed by atoms with E-state index in [4.69, 9.17) is 0 Å². The molecular formula is C16H24N2O2S. The highest BCUT2D eigenvalue weighted by Crippen LogP contribution is 2.23. The van der Waals surface area contributed by atoms with Crippen LogP contribution >= 0.6 is 0 Å². The molecule has 2 rings (SSSR count). The second-order valence-corrected chi connectivity index (χ2v) is 8.18. The summed E-state index contributed by atoms with van der Waals surface area (Å²) >= 11 is 0. The van der Waals surface area contributed by atoms with Crippen LogP contribution in [0.15, 0.2) is 40.8 Å². The van der Waals surface area contributed by atoms with Crippen LogP contribution in [0.2, 0.25) is 0 Å². The maximum atomic E-state index is 12.3. The van der Waals surface area contributed by atoms with E-state index in [0.29, 0.717) is 11.4 Å². The summed E-state index contributed by atoms with van der Waals surface area (Å²) in [6.07, 6.45) is 2.94. The monoisotopic (exact) mass is 308 g/mol. The molecule has 0 aromatic heterocycles. The first kappa shape index (κ1) is 16.2. The molecule has 0 saturated carbocycles. The molecule has 0 unspecified atom stereocenters. The van der Waals surface area contributed by atoms with Crippen molar-refractivity contribution >= 4 is 10.0 Å². The van der Waals surface area contributed by atoms with Crippen molar-refractivity contribution in [2.24, 2.45) is 0 Å². The minimum atomic E-state index is -3.43. The number of nitrogens with one attached hydrogen (secondary N) is 2. The van der Waals surface area contributed by atoms with Gasteiger partial charge in [0.15, 0.2) is 0 Å². The average molecular weight is 308 g/mol. The number of rotatable bonds is 4. The third kappa shape index (κ3) is 4.40. The van der Waals surface area contributed by atoms with Gasteiger partial charge in [-0.05, 0) is 36.1 Å². The SMILES string of the molecule is CC(C)(C)c1ccc(S(=O)(=O)NCC2=CCNCC2)cc1. The molecule has 0 atom stereocenters. The first-order chi connectivity index (χ1) is 9.79. The molecule has 0 aliphatic carbocycles. The summed E-state index contributed by atoms with van der Waals surface area (Å²) in [4.78, 5) is 0.324. The maximum absolute atomic E-state index is 12.3. The highest BCUT2D eigenvalue weighted by molar-refractivity contribution is 7.89. The van der Waals surface area contributed by atoms with Crippen molar-refractivity contribution in [1.29, 1.82) is 0 Å². The van der Waals surface area contributed by atoms with E-state index in [-0.39, 0.29) is 5.41 Å². The third-order valence-electron chi connectivity index (χ3n) is 3.68. The predicted molar refractivity (Wildman–Crippen MR) is 85.9 cm³/mol. The molecule has 1 aliphatic heterocycles. The summed E-state index contributed by atoms with van der Waals surface area (Å²) < 4.78 is 27.2.